The molecule has 22 heavy (non-hydrogen) atoms. The molecule has 0 radical (unpaired) electrons. The monoisotopic (exact) mass is 339 g/mol. The molecular formula is C9H14N3O9P. The summed E-state index contributed by atoms with van der Waals surface area (Å²) in [6.07, 6.45) is -4.56. The fraction of sp³-hybridized carbons (Fsp3) is 0.556. The minimum atomic E-state index is -4.77. The summed E-state index contributed by atoms with van der Waals surface area (Å²) in [7, 11) is -4.77. The number of anilines is 1. The Labute approximate surface area is 123 Å². The van der Waals surface area contributed by atoms with Crippen molar-refractivity contribution in [1.29, 1.82) is 0 Å². The Bertz CT molecular complexity index is 613. The Kier molecular flexibility index (Phi) is 4.54. The lowest BCUT2D eigenvalue weighted by atomic mass is 10.1. The van der Waals surface area contributed by atoms with Gasteiger partial charge in [-0.1, -0.05) is 0 Å². The summed E-state index contributed by atoms with van der Waals surface area (Å²) >= 11 is 0. The molecule has 1 fully saturated rings. The number of carbonyl (C=O) groups is 1. The molecule has 1 aliphatic heterocycles. The lowest BCUT2D eigenvalue weighted by Crippen LogP contribution is -2.33. The van der Waals surface area contributed by atoms with E-state index >= 15 is 0 Å². The van der Waals surface area contributed by atoms with Crippen LogP contribution in [-0.2, 0) is 13.8 Å². The Morgan fingerprint density at radius 2 is 2.09 bits per heavy atom. The van der Waals surface area contributed by atoms with Crippen molar-refractivity contribution >= 4 is 19.6 Å². The zero-order valence-corrected chi connectivity index (χ0v) is 11.8. The molecule has 4 atom stereocenters. The zero-order chi connectivity index (χ0) is 16.7. The molecule has 0 aromatic carbocycles. The number of aromatic carboxylic acids is 1. The number of aliphatic hydroxyl groups excluding tert-OH is 2. The van der Waals surface area contributed by atoms with Crippen molar-refractivity contribution in [3.8, 4) is 0 Å². The standard InChI is InChI=1S/C9H14N3O9P/c10-7-4(9(15)16)11-2-12(7)8-6(14)5(13)3(21-8)1-20-22(17,18)19/h2-3,5-6,8,13-14H,1,10H2,(H,15,16)(H2,17,18,19). The predicted octanol–water partition coefficient (Wildman–Crippen LogP) is -2.11. The largest absolute Gasteiger partial charge is 0.476 e. The lowest BCUT2D eigenvalue weighted by molar-refractivity contribution is -0.0511. The minimum Gasteiger partial charge on any atom is -0.476 e. The first-order valence-electron chi connectivity index (χ1n) is 5.89. The first-order valence-corrected chi connectivity index (χ1v) is 7.42. The molecule has 1 aliphatic rings. The van der Waals surface area contributed by atoms with Crippen molar-refractivity contribution < 1.29 is 43.7 Å². The van der Waals surface area contributed by atoms with Crippen molar-refractivity contribution in [1.82, 2.24) is 9.55 Å². The highest BCUT2D eigenvalue weighted by atomic mass is 31.2. The van der Waals surface area contributed by atoms with Gasteiger partial charge in [0.1, 0.15) is 24.1 Å². The van der Waals surface area contributed by atoms with E-state index in [1.807, 2.05) is 0 Å². The van der Waals surface area contributed by atoms with E-state index in [4.69, 9.17) is 25.4 Å². The Morgan fingerprint density at radius 1 is 1.45 bits per heavy atom. The highest BCUT2D eigenvalue weighted by molar-refractivity contribution is 7.46. The molecule has 0 aliphatic carbocycles. The number of aromatic nitrogens is 2. The van der Waals surface area contributed by atoms with Crippen LogP contribution < -0.4 is 5.73 Å². The number of phosphoric acid groups is 1. The molecule has 0 amide bonds. The van der Waals surface area contributed by atoms with Crippen LogP contribution in [-0.4, -0.2) is 65.5 Å². The lowest BCUT2D eigenvalue weighted by Gasteiger charge is -2.17. The van der Waals surface area contributed by atoms with E-state index in [-0.39, 0.29) is 5.82 Å². The molecule has 12 nitrogen and oxygen atoms in total. The van der Waals surface area contributed by atoms with Gasteiger partial charge >= 0.3 is 13.8 Å². The molecule has 1 aromatic rings. The summed E-state index contributed by atoms with van der Waals surface area (Å²) in [5.41, 5.74) is 5.11. The van der Waals surface area contributed by atoms with E-state index in [0.29, 0.717) is 0 Å². The van der Waals surface area contributed by atoms with Crippen LogP contribution in [0.15, 0.2) is 6.33 Å². The van der Waals surface area contributed by atoms with Crippen LogP contribution in [0.25, 0.3) is 0 Å². The summed E-state index contributed by atoms with van der Waals surface area (Å²) in [6, 6.07) is 0. The molecule has 13 heteroatoms. The zero-order valence-electron chi connectivity index (χ0n) is 10.9. The maximum Gasteiger partial charge on any atom is 0.469 e. The Balaban J connectivity index is 2.16. The van der Waals surface area contributed by atoms with E-state index in [1.54, 1.807) is 0 Å². The number of aliphatic hydroxyl groups is 2. The first kappa shape index (κ1) is 16.8. The van der Waals surface area contributed by atoms with Crippen LogP contribution in [0.1, 0.15) is 16.7 Å². The molecular weight excluding hydrogens is 325 g/mol. The van der Waals surface area contributed by atoms with E-state index in [0.717, 1.165) is 10.9 Å². The van der Waals surface area contributed by atoms with Gasteiger partial charge in [0.05, 0.1) is 12.9 Å². The van der Waals surface area contributed by atoms with Gasteiger partial charge in [-0.2, -0.15) is 0 Å². The maximum atomic E-state index is 10.9. The number of carboxylic acids is 1. The van der Waals surface area contributed by atoms with E-state index in [1.165, 1.54) is 0 Å². The Hall–Kier alpha value is -1.53. The summed E-state index contributed by atoms with van der Waals surface area (Å²) in [5.74, 6) is -1.69. The molecule has 0 saturated carbocycles. The minimum absolute atomic E-state index is 0.305. The second-order valence-electron chi connectivity index (χ2n) is 4.52. The third kappa shape index (κ3) is 3.28. The highest BCUT2D eigenvalue weighted by Gasteiger charge is 2.45. The number of phosphoric ester groups is 1. The number of nitrogens with two attached hydrogens (primary N) is 1. The van der Waals surface area contributed by atoms with Crippen molar-refractivity contribution in [2.45, 2.75) is 24.5 Å². The molecule has 124 valence electrons. The number of imidazole rings is 1. The number of ether oxygens (including phenoxy) is 1. The fourth-order valence-electron chi connectivity index (χ4n) is 2.01. The van der Waals surface area contributed by atoms with Gasteiger partial charge in [0, 0.05) is 0 Å². The van der Waals surface area contributed by atoms with E-state index in [2.05, 4.69) is 9.51 Å². The summed E-state index contributed by atoms with van der Waals surface area (Å²) in [4.78, 5) is 31.6. The van der Waals surface area contributed by atoms with Crippen molar-refractivity contribution in [2.24, 2.45) is 0 Å². The van der Waals surface area contributed by atoms with Gasteiger partial charge in [0.25, 0.3) is 0 Å². The van der Waals surface area contributed by atoms with Crippen molar-refractivity contribution in [3.63, 3.8) is 0 Å². The number of nitrogen functional groups attached to an aromatic ring is 1. The Morgan fingerprint density at radius 3 is 2.59 bits per heavy atom. The molecule has 2 heterocycles. The number of carboxylic acid groups (broad SMARTS) is 1. The van der Waals surface area contributed by atoms with Gasteiger partial charge in [-0.25, -0.2) is 14.3 Å². The molecule has 2 rings (SSSR count). The van der Waals surface area contributed by atoms with Crippen LogP contribution >= 0.6 is 7.82 Å². The molecule has 1 saturated heterocycles. The number of hydrogen-bond donors (Lipinski definition) is 6. The predicted molar refractivity (Wildman–Crippen MR) is 67.5 cm³/mol. The molecule has 1 aromatic heterocycles. The normalized spacial score (nSPS) is 28.9. The van der Waals surface area contributed by atoms with Gasteiger partial charge in [0.15, 0.2) is 11.9 Å². The second-order valence-corrected chi connectivity index (χ2v) is 5.76. The fourth-order valence-corrected chi connectivity index (χ4v) is 2.35. The average Bonchev–Trinajstić information content (AvgIpc) is 2.90. The summed E-state index contributed by atoms with van der Waals surface area (Å²) < 4.78 is 21.1. The molecule has 7 N–H and O–H groups in total. The van der Waals surface area contributed by atoms with Gasteiger partial charge in [-0.05, 0) is 0 Å². The van der Waals surface area contributed by atoms with E-state index < -0.39 is 50.6 Å². The van der Waals surface area contributed by atoms with Crippen LogP contribution in [0, 0.1) is 0 Å². The van der Waals surface area contributed by atoms with Gasteiger partial charge in [-0.15, -0.1) is 0 Å². The maximum absolute atomic E-state index is 10.9. The average molecular weight is 339 g/mol. The molecule has 0 bridgehead atoms. The third-order valence-corrected chi connectivity index (χ3v) is 3.54. The highest BCUT2D eigenvalue weighted by Crippen LogP contribution is 2.38. The van der Waals surface area contributed by atoms with Gasteiger partial charge in [0.2, 0.25) is 0 Å². The van der Waals surface area contributed by atoms with E-state index in [9.17, 15) is 19.6 Å². The SMILES string of the molecule is Nc1c(C(=O)O)ncn1C1OC(COP(=O)(O)O)C(O)C1O. The molecule has 4 unspecified atom stereocenters. The van der Waals surface area contributed by atoms with Crippen molar-refractivity contribution in [2.75, 3.05) is 12.3 Å². The van der Waals surface area contributed by atoms with Crippen LogP contribution in [0.4, 0.5) is 5.82 Å². The second kappa shape index (κ2) is 5.93. The summed E-state index contributed by atoms with van der Waals surface area (Å²) in [6.45, 7) is -0.681. The molecule has 0 spiro atoms. The van der Waals surface area contributed by atoms with Gasteiger partial charge in [-0.3, -0.25) is 9.09 Å². The van der Waals surface area contributed by atoms with Crippen molar-refractivity contribution in [3.05, 3.63) is 12.0 Å². The number of rotatable bonds is 5. The third-order valence-electron chi connectivity index (χ3n) is 3.05. The first-order chi connectivity index (χ1) is 10.1. The topological polar surface area (TPSA) is 198 Å². The van der Waals surface area contributed by atoms with Gasteiger partial charge < -0.3 is 35.6 Å². The quantitative estimate of drug-likeness (QED) is 0.321. The van der Waals surface area contributed by atoms with Crippen LogP contribution in [0.3, 0.4) is 0 Å². The van der Waals surface area contributed by atoms with Crippen LogP contribution in [0.2, 0.25) is 0 Å². The number of nitrogens with zero attached hydrogens (tertiary/aromatic N) is 2. The summed E-state index contributed by atoms with van der Waals surface area (Å²) in [5, 5.41) is 28.6. The number of hydrogen-bond acceptors (Lipinski definition) is 8. The smallest absolute Gasteiger partial charge is 0.469 e. The van der Waals surface area contributed by atoms with Crippen LogP contribution in [0.5, 0.6) is 0 Å².